The molecule has 1 fully saturated rings. The van der Waals surface area contributed by atoms with Crippen LogP contribution in [0.1, 0.15) is 47.0 Å². The molecule has 18 heavy (non-hydrogen) atoms. The molecule has 5 nitrogen and oxygen atoms in total. The minimum absolute atomic E-state index is 0.197. The van der Waals surface area contributed by atoms with Crippen LogP contribution < -0.4 is 5.32 Å². The van der Waals surface area contributed by atoms with Gasteiger partial charge < -0.3 is 15.3 Å². The smallest absolute Gasteiger partial charge is 0.329 e. The van der Waals surface area contributed by atoms with Gasteiger partial charge >= 0.3 is 12.0 Å². The third-order valence-corrected chi connectivity index (χ3v) is 3.99. The molecule has 1 saturated carbocycles. The molecule has 104 valence electrons. The zero-order chi connectivity index (χ0) is 14.0. The van der Waals surface area contributed by atoms with E-state index in [0.717, 1.165) is 12.8 Å². The van der Waals surface area contributed by atoms with Crippen LogP contribution in [0.2, 0.25) is 0 Å². The van der Waals surface area contributed by atoms with Crippen molar-refractivity contribution < 1.29 is 14.7 Å². The molecule has 0 aromatic heterocycles. The summed E-state index contributed by atoms with van der Waals surface area (Å²) in [4.78, 5) is 24.6. The summed E-state index contributed by atoms with van der Waals surface area (Å²) in [5.74, 6) is -0.991. The van der Waals surface area contributed by atoms with Crippen LogP contribution in [-0.2, 0) is 4.79 Å². The molecule has 1 rings (SSSR count). The Morgan fingerprint density at radius 1 is 1.39 bits per heavy atom. The van der Waals surface area contributed by atoms with Crippen LogP contribution in [-0.4, -0.2) is 40.6 Å². The van der Waals surface area contributed by atoms with E-state index in [-0.39, 0.29) is 11.4 Å². The lowest BCUT2D eigenvalue weighted by Crippen LogP contribution is -2.57. The van der Waals surface area contributed by atoms with E-state index in [4.69, 9.17) is 5.11 Å². The van der Waals surface area contributed by atoms with E-state index in [1.165, 1.54) is 11.3 Å². The standard InChI is InChI=1S/C13H24N2O3/c1-5-15(12(2,3)10(16)17)11(18)14-9-13(4)7-6-8-13/h5-9H2,1-4H3,(H,14,18)(H,16,17). The lowest BCUT2D eigenvalue weighted by molar-refractivity contribution is -0.147. The van der Waals surface area contributed by atoms with E-state index in [9.17, 15) is 9.59 Å². The van der Waals surface area contributed by atoms with Gasteiger partial charge in [-0.3, -0.25) is 0 Å². The maximum absolute atomic E-state index is 12.1. The van der Waals surface area contributed by atoms with Crippen LogP contribution in [0.4, 0.5) is 4.79 Å². The second kappa shape index (κ2) is 5.16. The number of rotatable bonds is 5. The molecule has 0 saturated heterocycles. The van der Waals surface area contributed by atoms with Gasteiger partial charge in [-0.15, -0.1) is 0 Å². The van der Waals surface area contributed by atoms with Crippen molar-refractivity contribution in [1.82, 2.24) is 10.2 Å². The number of carboxylic acids is 1. The molecule has 0 aliphatic heterocycles. The molecular formula is C13H24N2O3. The van der Waals surface area contributed by atoms with Gasteiger partial charge in [-0.2, -0.15) is 0 Å². The normalized spacial score (nSPS) is 17.8. The number of carbonyl (C=O) groups excluding carboxylic acids is 1. The lowest BCUT2D eigenvalue weighted by Gasteiger charge is -2.40. The molecule has 0 unspecified atom stereocenters. The first-order valence-corrected chi connectivity index (χ1v) is 6.52. The fourth-order valence-corrected chi connectivity index (χ4v) is 2.25. The maximum atomic E-state index is 12.1. The lowest BCUT2D eigenvalue weighted by atomic mass is 9.70. The molecule has 2 amide bonds. The zero-order valence-corrected chi connectivity index (χ0v) is 11.7. The Kier molecular flexibility index (Phi) is 4.24. The maximum Gasteiger partial charge on any atom is 0.329 e. The van der Waals surface area contributed by atoms with Gasteiger partial charge in [-0.05, 0) is 39.0 Å². The molecule has 0 radical (unpaired) electrons. The van der Waals surface area contributed by atoms with Gasteiger partial charge in [0.15, 0.2) is 0 Å². The summed E-state index contributed by atoms with van der Waals surface area (Å²) in [6.45, 7) is 8.03. The van der Waals surface area contributed by atoms with E-state index >= 15 is 0 Å². The average Bonchev–Trinajstić information content (AvgIpc) is 2.24. The van der Waals surface area contributed by atoms with Crippen molar-refractivity contribution in [3.05, 3.63) is 0 Å². The molecule has 5 heteroatoms. The molecule has 0 aromatic rings. The van der Waals surface area contributed by atoms with Gasteiger partial charge in [0.2, 0.25) is 0 Å². The van der Waals surface area contributed by atoms with E-state index in [1.54, 1.807) is 20.8 Å². The predicted molar refractivity (Wildman–Crippen MR) is 69.5 cm³/mol. The summed E-state index contributed by atoms with van der Waals surface area (Å²) in [6, 6.07) is -0.293. The Hall–Kier alpha value is -1.26. The SMILES string of the molecule is CCN(C(=O)NCC1(C)CCC1)C(C)(C)C(=O)O. The Labute approximate surface area is 109 Å². The third kappa shape index (κ3) is 2.94. The minimum Gasteiger partial charge on any atom is -0.480 e. The third-order valence-electron chi connectivity index (χ3n) is 3.99. The number of amides is 2. The molecule has 0 spiro atoms. The Morgan fingerprint density at radius 2 is 1.94 bits per heavy atom. The van der Waals surface area contributed by atoms with Crippen molar-refractivity contribution in [3.8, 4) is 0 Å². The van der Waals surface area contributed by atoms with Gasteiger partial charge in [0.1, 0.15) is 5.54 Å². The number of carboxylic acid groups (broad SMARTS) is 1. The Balaban J connectivity index is 2.59. The van der Waals surface area contributed by atoms with Crippen LogP contribution in [0.3, 0.4) is 0 Å². The number of nitrogens with zero attached hydrogens (tertiary/aromatic N) is 1. The van der Waals surface area contributed by atoms with E-state index < -0.39 is 11.5 Å². The van der Waals surface area contributed by atoms with Gasteiger partial charge in [-0.1, -0.05) is 13.3 Å². The van der Waals surface area contributed by atoms with Crippen LogP contribution in [0.15, 0.2) is 0 Å². The second-order valence-corrected chi connectivity index (χ2v) is 5.93. The zero-order valence-electron chi connectivity index (χ0n) is 11.7. The van der Waals surface area contributed by atoms with Crippen molar-refractivity contribution >= 4 is 12.0 Å². The van der Waals surface area contributed by atoms with Gasteiger partial charge in [0.25, 0.3) is 0 Å². The molecule has 0 atom stereocenters. The first-order valence-electron chi connectivity index (χ1n) is 6.52. The van der Waals surface area contributed by atoms with Crippen LogP contribution in [0.25, 0.3) is 0 Å². The highest BCUT2D eigenvalue weighted by Gasteiger charge is 2.38. The second-order valence-electron chi connectivity index (χ2n) is 5.93. The van der Waals surface area contributed by atoms with E-state index in [0.29, 0.717) is 13.1 Å². The summed E-state index contributed by atoms with van der Waals surface area (Å²) < 4.78 is 0. The number of carbonyl (C=O) groups is 2. The average molecular weight is 256 g/mol. The molecule has 0 bridgehead atoms. The number of urea groups is 1. The molecule has 1 aliphatic carbocycles. The topological polar surface area (TPSA) is 69.6 Å². The van der Waals surface area contributed by atoms with Crippen molar-refractivity contribution in [2.45, 2.75) is 52.5 Å². The van der Waals surface area contributed by atoms with Crippen molar-refractivity contribution in [2.75, 3.05) is 13.1 Å². The van der Waals surface area contributed by atoms with Crippen LogP contribution >= 0.6 is 0 Å². The van der Waals surface area contributed by atoms with Gasteiger partial charge in [0, 0.05) is 13.1 Å². The summed E-state index contributed by atoms with van der Waals surface area (Å²) >= 11 is 0. The highest BCUT2D eigenvalue weighted by molar-refractivity contribution is 5.85. The molecule has 0 heterocycles. The highest BCUT2D eigenvalue weighted by Crippen LogP contribution is 2.39. The molecule has 1 aliphatic rings. The van der Waals surface area contributed by atoms with Gasteiger partial charge in [-0.25, -0.2) is 9.59 Å². The summed E-state index contributed by atoms with van der Waals surface area (Å²) in [6.07, 6.45) is 3.47. The van der Waals surface area contributed by atoms with Crippen LogP contribution in [0.5, 0.6) is 0 Å². The first-order chi connectivity index (χ1) is 8.23. The largest absolute Gasteiger partial charge is 0.480 e. The quantitative estimate of drug-likeness (QED) is 0.791. The Bertz CT molecular complexity index is 335. The van der Waals surface area contributed by atoms with Crippen molar-refractivity contribution in [2.24, 2.45) is 5.41 Å². The van der Waals surface area contributed by atoms with Crippen molar-refractivity contribution in [1.29, 1.82) is 0 Å². The molecular weight excluding hydrogens is 232 g/mol. The monoisotopic (exact) mass is 256 g/mol. The number of hydrogen-bond donors (Lipinski definition) is 2. The minimum atomic E-state index is -1.18. The fraction of sp³-hybridized carbons (Fsp3) is 0.846. The number of nitrogens with one attached hydrogen (secondary N) is 1. The van der Waals surface area contributed by atoms with Crippen molar-refractivity contribution in [3.63, 3.8) is 0 Å². The number of hydrogen-bond acceptors (Lipinski definition) is 2. The Morgan fingerprint density at radius 3 is 2.28 bits per heavy atom. The van der Waals surface area contributed by atoms with Gasteiger partial charge in [0.05, 0.1) is 0 Å². The van der Waals surface area contributed by atoms with E-state index in [1.807, 2.05) is 0 Å². The summed E-state index contributed by atoms with van der Waals surface area (Å²) in [5.41, 5.74) is -0.984. The number of aliphatic carboxylic acids is 1. The molecule has 0 aromatic carbocycles. The predicted octanol–water partition coefficient (Wildman–Crippen LogP) is 2.07. The summed E-state index contributed by atoms with van der Waals surface area (Å²) in [7, 11) is 0. The molecule has 2 N–H and O–H groups in total. The first kappa shape index (κ1) is 14.8. The fourth-order valence-electron chi connectivity index (χ4n) is 2.25. The summed E-state index contributed by atoms with van der Waals surface area (Å²) in [5, 5.41) is 12.0. The van der Waals surface area contributed by atoms with E-state index in [2.05, 4.69) is 12.2 Å². The van der Waals surface area contributed by atoms with Crippen LogP contribution in [0, 0.1) is 5.41 Å². The highest BCUT2D eigenvalue weighted by atomic mass is 16.4. The number of likely N-dealkylation sites (N-methyl/N-ethyl adjacent to an activating group) is 1.